The van der Waals surface area contributed by atoms with E-state index in [-0.39, 0.29) is 52.3 Å². The summed E-state index contributed by atoms with van der Waals surface area (Å²) in [5.41, 5.74) is 0. The zero-order chi connectivity index (χ0) is 14.7. The molecule has 0 bridgehead atoms. The first-order valence-corrected chi connectivity index (χ1v) is 7.11. The van der Waals surface area contributed by atoms with Crippen molar-refractivity contribution in [2.45, 2.75) is 12.8 Å². The largest absolute Gasteiger partial charge is 4.00 e. The summed E-state index contributed by atoms with van der Waals surface area (Å²) in [5, 5.41) is 15.7. The first-order valence-electron chi connectivity index (χ1n) is 4.19. The zero-order valence-electron chi connectivity index (χ0n) is 9.38. The fourth-order valence-corrected chi connectivity index (χ4v) is 1.04. The minimum atomic E-state index is -4.85. The van der Waals surface area contributed by atoms with Gasteiger partial charge in [-0.1, -0.05) is 0 Å². The maximum atomic E-state index is 9.65. The molecule has 104 valence electrons. The summed E-state index contributed by atoms with van der Waals surface area (Å²) >= 11 is 0. The van der Waals surface area contributed by atoms with Gasteiger partial charge in [-0.15, -0.1) is 0 Å². The van der Waals surface area contributed by atoms with E-state index in [1.54, 1.807) is 12.1 Å². The smallest absolute Gasteiger partial charge is 0.790 e. The molecule has 0 aliphatic rings. The van der Waals surface area contributed by atoms with E-state index in [1.165, 1.54) is 0 Å². The van der Waals surface area contributed by atoms with Gasteiger partial charge in [-0.2, -0.15) is 10.5 Å². The van der Waals surface area contributed by atoms with E-state index in [4.69, 9.17) is 10.5 Å². The Kier molecular flexibility index (Phi) is 16.6. The van der Waals surface area contributed by atoms with E-state index < -0.39 is 15.6 Å². The summed E-state index contributed by atoms with van der Waals surface area (Å²) in [6.45, 7) is -0.693. The number of rotatable bonds is 6. The van der Waals surface area contributed by atoms with Gasteiger partial charge >= 0.3 is 26.2 Å². The van der Waals surface area contributed by atoms with Crippen LogP contribution in [0.25, 0.3) is 0 Å². The van der Waals surface area contributed by atoms with Crippen molar-refractivity contribution >= 4 is 15.6 Å². The second-order valence-electron chi connectivity index (χ2n) is 2.38. The molecule has 0 saturated carbocycles. The minimum absolute atomic E-state index is 0. The summed E-state index contributed by atoms with van der Waals surface area (Å²) in [6, 6.07) is 3.23. The fraction of sp³-hybridized carbons (Fsp3) is 0.667. The Morgan fingerprint density at radius 1 is 0.842 bits per heavy atom. The van der Waals surface area contributed by atoms with Crippen molar-refractivity contribution in [3.63, 3.8) is 0 Å². The third-order valence-corrected chi connectivity index (χ3v) is 1.92. The van der Waals surface area contributed by atoms with Gasteiger partial charge in [-0.3, -0.25) is 0 Å². The van der Waals surface area contributed by atoms with Crippen molar-refractivity contribution in [3.8, 4) is 12.1 Å². The van der Waals surface area contributed by atoms with Crippen LogP contribution < -0.4 is 19.6 Å². The van der Waals surface area contributed by atoms with Gasteiger partial charge in [0.25, 0.3) is 0 Å². The SMILES string of the molecule is N#CCCOP(=O)([O-])[O-].N#CCCOP(=O)([O-])[O-].[Zr+4]. The van der Waals surface area contributed by atoms with Gasteiger partial charge in [0.1, 0.15) is 0 Å². The number of phosphoric acid groups is 2. The third kappa shape index (κ3) is 32.0. The zero-order valence-corrected chi connectivity index (χ0v) is 13.6. The van der Waals surface area contributed by atoms with Crippen LogP contribution >= 0.6 is 15.6 Å². The number of hydrogen-bond donors (Lipinski definition) is 0. The van der Waals surface area contributed by atoms with E-state index in [0.717, 1.165) is 0 Å². The molecule has 10 nitrogen and oxygen atoms in total. The van der Waals surface area contributed by atoms with Crippen molar-refractivity contribution in [1.82, 2.24) is 0 Å². The number of nitriles is 2. The quantitative estimate of drug-likeness (QED) is 0.346. The Balaban J connectivity index is -0.000000256. The Hall–Kier alpha value is 0.0831. The van der Waals surface area contributed by atoms with Crippen LogP contribution in [-0.4, -0.2) is 13.2 Å². The molecule has 0 aliphatic heterocycles. The predicted octanol–water partition coefficient (Wildman–Crippen LogP) is -2.51. The van der Waals surface area contributed by atoms with Crippen LogP contribution in [0.4, 0.5) is 0 Å². The van der Waals surface area contributed by atoms with Crippen LogP contribution in [0, 0.1) is 22.7 Å². The molecule has 0 amide bonds. The maximum absolute atomic E-state index is 9.65. The molecule has 0 rings (SSSR count). The second-order valence-corrected chi connectivity index (χ2v) is 4.68. The molecular formula is C6H8N2O8P2Zr. The van der Waals surface area contributed by atoms with Crippen LogP contribution in [-0.2, 0) is 44.4 Å². The normalized spacial score (nSPS) is 10.2. The molecule has 0 aromatic rings. The van der Waals surface area contributed by atoms with Gasteiger partial charge in [0, 0.05) is 0 Å². The van der Waals surface area contributed by atoms with Crippen LogP contribution in [0.3, 0.4) is 0 Å². The molecule has 0 aromatic carbocycles. The van der Waals surface area contributed by atoms with Gasteiger partial charge in [0.2, 0.25) is 0 Å². The Morgan fingerprint density at radius 3 is 1.26 bits per heavy atom. The van der Waals surface area contributed by atoms with E-state index in [0.29, 0.717) is 0 Å². The summed E-state index contributed by atoms with van der Waals surface area (Å²) in [7, 11) is -9.69. The van der Waals surface area contributed by atoms with Crippen molar-refractivity contribution in [3.05, 3.63) is 0 Å². The van der Waals surface area contributed by atoms with Crippen molar-refractivity contribution in [2.24, 2.45) is 0 Å². The summed E-state index contributed by atoms with van der Waals surface area (Å²) < 4.78 is 26.7. The van der Waals surface area contributed by atoms with Gasteiger partial charge < -0.3 is 37.8 Å². The molecule has 0 saturated heterocycles. The average molecular weight is 389 g/mol. The predicted molar refractivity (Wildman–Crippen MR) is 47.6 cm³/mol. The van der Waals surface area contributed by atoms with Gasteiger partial charge in [0.15, 0.2) is 0 Å². The average Bonchev–Trinajstić information content (AvgIpc) is 2.16. The number of nitrogens with zero attached hydrogens (tertiary/aromatic N) is 2. The Bertz CT molecular complexity index is 355. The molecule has 0 atom stereocenters. The molecule has 13 heteroatoms. The number of hydrogen-bond acceptors (Lipinski definition) is 10. The van der Waals surface area contributed by atoms with Crippen LogP contribution in [0.1, 0.15) is 12.8 Å². The van der Waals surface area contributed by atoms with Gasteiger partial charge in [-0.25, -0.2) is 0 Å². The van der Waals surface area contributed by atoms with E-state index in [2.05, 4.69) is 9.05 Å². The maximum Gasteiger partial charge on any atom is 4.00 e. The monoisotopic (exact) mass is 388 g/mol. The van der Waals surface area contributed by atoms with E-state index >= 15 is 0 Å². The summed E-state index contributed by atoms with van der Waals surface area (Å²) in [4.78, 5) is 38.6. The molecule has 0 heterocycles. The van der Waals surface area contributed by atoms with E-state index in [1.807, 2.05) is 0 Å². The molecule has 19 heavy (non-hydrogen) atoms. The van der Waals surface area contributed by atoms with Crippen LogP contribution in [0.15, 0.2) is 0 Å². The topological polar surface area (TPSA) is 192 Å². The molecule has 0 aliphatic carbocycles. The van der Waals surface area contributed by atoms with Gasteiger partial charge in [0.05, 0.1) is 53.8 Å². The first kappa shape index (κ1) is 24.1. The molecule has 0 unspecified atom stereocenters. The molecule has 0 spiro atoms. The second kappa shape index (κ2) is 13.1. The number of phosphoric ester groups is 2. The minimum Gasteiger partial charge on any atom is -0.790 e. The van der Waals surface area contributed by atoms with Crippen LogP contribution in [0.5, 0.6) is 0 Å². The van der Waals surface area contributed by atoms with E-state index in [9.17, 15) is 28.7 Å². The third-order valence-electron chi connectivity index (χ3n) is 0.927. The van der Waals surface area contributed by atoms with Crippen molar-refractivity contribution < 1.29 is 64.0 Å². The van der Waals surface area contributed by atoms with Crippen molar-refractivity contribution in [1.29, 1.82) is 10.5 Å². The van der Waals surface area contributed by atoms with Crippen LogP contribution in [0.2, 0.25) is 0 Å². The van der Waals surface area contributed by atoms with Crippen molar-refractivity contribution in [2.75, 3.05) is 13.2 Å². The molecule has 0 N–H and O–H groups in total. The molecular weight excluding hydrogens is 381 g/mol. The molecule has 0 aromatic heterocycles. The fourth-order valence-electron chi connectivity index (χ4n) is 0.406. The Labute approximate surface area is 128 Å². The Morgan fingerprint density at radius 2 is 1.11 bits per heavy atom. The molecule has 0 fully saturated rings. The summed E-state index contributed by atoms with van der Waals surface area (Å²) in [5.74, 6) is 0. The molecule has 0 radical (unpaired) electrons. The first-order chi connectivity index (χ1) is 8.12. The van der Waals surface area contributed by atoms with Gasteiger partial charge in [-0.05, 0) is 0 Å². The standard InChI is InChI=1S/2C3H6NO4P.Zr/c2*4-2-1-3-8-9(5,6)7;/h2*1,3H2,(H2,5,6,7);/q;;+4/p-4. The summed E-state index contributed by atoms with van der Waals surface area (Å²) in [6.07, 6.45) is -0.178.